The molecule has 0 aliphatic carbocycles. The molecule has 0 saturated heterocycles. The number of hydrogen-bond donors (Lipinski definition) is 1. The zero-order chi connectivity index (χ0) is 14.4. The lowest BCUT2D eigenvalue weighted by Crippen LogP contribution is -2.21. The molecule has 2 aromatic rings. The molecule has 0 aromatic heterocycles. The topological polar surface area (TPSA) is 12.0 Å². The molecular weight excluding hydrogens is 249 g/mol. The summed E-state index contributed by atoms with van der Waals surface area (Å²) in [5.41, 5.74) is 2.83. The monoisotopic (exact) mass is 271 g/mol. The van der Waals surface area contributed by atoms with E-state index in [0.717, 1.165) is 24.9 Å². The molecule has 1 N–H and O–H groups in total. The van der Waals surface area contributed by atoms with Crippen molar-refractivity contribution in [1.29, 1.82) is 0 Å². The van der Waals surface area contributed by atoms with Gasteiger partial charge >= 0.3 is 0 Å². The lowest BCUT2D eigenvalue weighted by atomic mass is 9.98. The van der Waals surface area contributed by atoms with Gasteiger partial charge in [0.25, 0.3) is 0 Å². The Morgan fingerprint density at radius 1 is 1.05 bits per heavy atom. The van der Waals surface area contributed by atoms with E-state index in [1.54, 1.807) is 6.07 Å². The number of nitrogens with one attached hydrogen (secondary N) is 1. The van der Waals surface area contributed by atoms with Crippen LogP contribution < -0.4 is 5.32 Å². The summed E-state index contributed by atoms with van der Waals surface area (Å²) in [4.78, 5) is 0. The summed E-state index contributed by atoms with van der Waals surface area (Å²) >= 11 is 0. The molecule has 0 bridgehead atoms. The van der Waals surface area contributed by atoms with E-state index >= 15 is 0 Å². The molecule has 0 spiro atoms. The third-order valence-corrected chi connectivity index (χ3v) is 3.52. The van der Waals surface area contributed by atoms with Crippen LogP contribution in [-0.2, 0) is 0 Å². The van der Waals surface area contributed by atoms with Crippen LogP contribution in [0, 0.1) is 5.82 Å². The molecule has 0 aliphatic heterocycles. The van der Waals surface area contributed by atoms with Crippen molar-refractivity contribution in [3.63, 3.8) is 0 Å². The molecule has 2 rings (SSSR count). The van der Waals surface area contributed by atoms with Gasteiger partial charge in [0.05, 0.1) is 0 Å². The summed E-state index contributed by atoms with van der Waals surface area (Å²) in [6, 6.07) is 15.4. The standard InChI is InChI=1S/C18H22FN/c1-3-12-20-18(4-2)15-9-7-8-14(13-15)16-10-5-6-11-17(16)19/h5-11,13,18,20H,3-4,12H2,1-2H3. The molecule has 1 nitrogen and oxygen atoms in total. The molecule has 2 heteroatoms. The molecule has 1 atom stereocenters. The van der Waals surface area contributed by atoms with Crippen molar-refractivity contribution in [2.75, 3.05) is 6.54 Å². The van der Waals surface area contributed by atoms with E-state index in [1.165, 1.54) is 11.6 Å². The fourth-order valence-corrected chi connectivity index (χ4v) is 2.43. The van der Waals surface area contributed by atoms with Crippen LogP contribution in [0.3, 0.4) is 0 Å². The lowest BCUT2D eigenvalue weighted by molar-refractivity contribution is 0.518. The molecule has 20 heavy (non-hydrogen) atoms. The predicted octanol–water partition coefficient (Wildman–Crippen LogP) is 4.94. The highest BCUT2D eigenvalue weighted by molar-refractivity contribution is 5.64. The third-order valence-electron chi connectivity index (χ3n) is 3.52. The maximum absolute atomic E-state index is 13.9. The van der Waals surface area contributed by atoms with Crippen molar-refractivity contribution in [1.82, 2.24) is 5.32 Å². The second-order valence-electron chi connectivity index (χ2n) is 5.02. The van der Waals surface area contributed by atoms with Crippen LogP contribution in [0.5, 0.6) is 0 Å². The minimum atomic E-state index is -0.167. The summed E-state index contributed by atoms with van der Waals surface area (Å²) in [6.45, 7) is 5.33. The fourth-order valence-electron chi connectivity index (χ4n) is 2.43. The molecule has 0 heterocycles. The Morgan fingerprint density at radius 3 is 2.55 bits per heavy atom. The first-order valence-corrected chi connectivity index (χ1v) is 7.34. The predicted molar refractivity (Wildman–Crippen MR) is 83.2 cm³/mol. The van der Waals surface area contributed by atoms with Gasteiger partial charge in [0.1, 0.15) is 5.82 Å². The zero-order valence-electron chi connectivity index (χ0n) is 12.2. The Bertz CT molecular complexity index is 551. The Hall–Kier alpha value is -1.67. The van der Waals surface area contributed by atoms with Crippen molar-refractivity contribution >= 4 is 0 Å². The molecule has 2 aromatic carbocycles. The van der Waals surface area contributed by atoms with E-state index in [9.17, 15) is 4.39 Å². The quantitative estimate of drug-likeness (QED) is 0.784. The van der Waals surface area contributed by atoms with Crippen LogP contribution in [0.1, 0.15) is 38.3 Å². The minimum absolute atomic E-state index is 0.167. The van der Waals surface area contributed by atoms with Crippen molar-refractivity contribution in [2.45, 2.75) is 32.7 Å². The van der Waals surface area contributed by atoms with Gasteiger partial charge in [-0.05, 0) is 42.6 Å². The van der Waals surface area contributed by atoms with E-state index in [4.69, 9.17) is 0 Å². The van der Waals surface area contributed by atoms with Gasteiger partial charge in [-0.2, -0.15) is 0 Å². The highest BCUT2D eigenvalue weighted by Gasteiger charge is 2.10. The molecule has 0 radical (unpaired) electrons. The van der Waals surface area contributed by atoms with Gasteiger partial charge in [0, 0.05) is 11.6 Å². The summed E-state index contributed by atoms with van der Waals surface area (Å²) < 4.78 is 13.9. The highest BCUT2D eigenvalue weighted by Crippen LogP contribution is 2.26. The fraction of sp³-hybridized carbons (Fsp3) is 0.333. The largest absolute Gasteiger partial charge is 0.310 e. The smallest absolute Gasteiger partial charge is 0.131 e. The number of halogens is 1. The number of hydrogen-bond acceptors (Lipinski definition) is 1. The zero-order valence-corrected chi connectivity index (χ0v) is 12.2. The van der Waals surface area contributed by atoms with Crippen LogP contribution in [0.2, 0.25) is 0 Å². The molecule has 0 fully saturated rings. The minimum Gasteiger partial charge on any atom is -0.310 e. The van der Waals surface area contributed by atoms with Crippen molar-refractivity contribution < 1.29 is 4.39 Å². The summed E-state index contributed by atoms with van der Waals surface area (Å²) in [5.74, 6) is -0.167. The van der Waals surface area contributed by atoms with Gasteiger partial charge in [-0.3, -0.25) is 0 Å². The van der Waals surface area contributed by atoms with Gasteiger partial charge < -0.3 is 5.32 Å². The first kappa shape index (κ1) is 14.7. The first-order chi connectivity index (χ1) is 9.76. The Morgan fingerprint density at radius 2 is 1.85 bits per heavy atom. The summed E-state index contributed by atoms with van der Waals surface area (Å²) in [5, 5.41) is 3.53. The molecular formula is C18H22FN. The van der Waals surface area contributed by atoms with E-state index in [2.05, 4.69) is 31.3 Å². The first-order valence-electron chi connectivity index (χ1n) is 7.34. The van der Waals surface area contributed by atoms with Crippen molar-refractivity contribution in [3.8, 4) is 11.1 Å². The van der Waals surface area contributed by atoms with Crippen LogP contribution in [0.15, 0.2) is 48.5 Å². The van der Waals surface area contributed by atoms with E-state index in [1.807, 2.05) is 24.3 Å². The van der Waals surface area contributed by atoms with E-state index < -0.39 is 0 Å². The van der Waals surface area contributed by atoms with Gasteiger partial charge in [-0.15, -0.1) is 0 Å². The Labute approximate surface area is 120 Å². The molecule has 1 unspecified atom stereocenters. The molecule has 0 aliphatic rings. The summed E-state index contributed by atoms with van der Waals surface area (Å²) in [6.07, 6.45) is 2.14. The average Bonchev–Trinajstić information content (AvgIpc) is 2.49. The molecule has 106 valence electrons. The Kier molecular flexibility index (Phi) is 5.31. The van der Waals surface area contributed by atoms with E-state index in [0.29, 0.717) is 11.6 Å². The van der Waals surface area contributed by atoms with Gasteiger partial charge in [0.2, 0.25) is 0 Å². The maximum atomic E-state index is 13.9. The maximum Gasteiger partial charge on any atom is 0.131 e. The SMILES string of the molecule is CCCNC(CC)c1cccc(-c2ccccc2F)c1. The number of rotatable bonds is 6. The van der Waals surface area contributed by atoms with Gasteiger partial charge in [-0.25, -0.2) is 4.39 Å². The second-order valence-corrected chi connectivity index (χ2v) is 5.02. The Balaban J connectivity index is 2.30. The third kappa shape index (κ3) is 3.45. The van der Waals surface area contributed by atoms with Crippen molar-refractivity contribution in [2.24, 2.45) is 0 Å². The van der Waals surface area contributed by atoms with E-state index in [-0.39, 0.29) is 5.82 Å². The normalized spacial score (nSPS) is 12.3. The van der Waals surface area contributed by atoms with Gasteiger partial charge in [-0.1, -0.05) is 50.2 Å². The highest BCUT2D eigenvalue weighted by atomic mass is 19.1. The van der Waals surface area contributed by atoms with Crippen LogP contribution in [0.4, 0.5) is 4.39 Å². The van der Waals surface area contributed by atoms with Crippen LogP contribution >= 0.6 is 0 Å². The lowest BCUT2D eigenvalue weighted by Gasteiger charge is -2.18. The molecule has 0 amide bonds. The van der Waals surface area contributed by atoms with Crippen LogP contribution in [-0.4, -0.2) is 6.54 Å². The number of benzene rings is 2. The van der Waals surface area contributed by atoms with Crippen molar-refractivity contribution in [3.05, 3.63) is 59.9 Å². The summed E-state index contributed by atoms with van der Waals surface area (Å²) in [7, 11) is 0. The second kappa shape index (κ2) is 7.20. The molecule has 0 saturated carbocycles. The van der Waals surface area contributed by atoms with Gasteiger partial charge in [0.15, 0.2) is 0 Å². The average molecular weight is 271 g/mol. The van der Waals surface area contributed by atoms with Crippen LogP contribution in [0.25, 0.3) is 11.1 Å².